The first-order chi connectivity index (χ1) is 11.0. The van der Waals surface area contributed by atoms with Gasteiger partial charge in [0.25, 0.3) is 5.56 Å². The molecule has 1 fully saturated rings. The van der Waals surface area contributed by atoms with Crippen LogP contribution in [-0.2, 0) is 0 Å². The van der Waals surface area contributed by atoms with Gasteiger partial charge in [0.05, 0.1) is 5.39 Å². The van der Waals surface area contributed by atoms with E-state index in [-0.39, 0.29) is 24.3 Å². The fourth-order valence-electron chi connectivity index (χ4n) is 3.18. The largest absolute Gasteiger partial charge is 0.310 e. The summed E-state index contributed by atoms with van der Waals surface area (Å²) in [6.07, 6.45) is 0.805. The molecule has 0 radical (unpaired) electrons. The summed E-state index contributed by atoms with van der Waals surface area (Å²) in [5.41, 5.74) is 0.637. The molecule has 0 spiro atoms. The van der Waals surface area contributed by atoms with E-state index >= 15 is 0 Å². The maximum Gasteiger partial charge on any atom is 0.260 e. The highest BCUT2D eigenvalue weighted by molar-refractivity contribution is 7.18. The second-order valence-corrected chi connectivity index (χ2v) is 7.71. The van der Waals surface area contributed by atoms with Crippen molar-refractivity contribution in [2.45, 2.75) is 37.5 Å². The van der Waals surface area contributed by atoms with Gasteiger partial charge in [-0.15, -0.1) is 22.7 Å². The van der Waals surface area contributed by atoms with Gasteiger partial charge in [0.2, 0.25) is 5.92 Å². The van der Waals surface area contributed by atoms with Crippen molar-refractivity contribution in [3.05, 3.63) is 39.1 Å². The Bertz CT molecular complexity index is 899. The molecule has 0 aliphatic heterocycles. The highest BCUT2D eigenvalue weighted by Crippen LogP contribution is 2.41. The van der Waals surface area contributed by atoms with Crippen LogP contribution in [0.1, 0.15) is 37.4 Å². The molecule has 3 aromatic heterocycles. The van der Waals surface area contributed by atoms with E-state index in [1.54, 1.807) is 11.3 Å². The number of nitrogens with one attached hydrogen (secondary N) is 1. The normalized spacial score (nSPS) is 20.9. The monoisotopic (exact) mass is 352 g/mol. The third kappa shape index (κ3) is 2.72. The van der Waals surface area contributed by atoms with Crippen molar-refractivity contribution in [1.29, 1.82) is 0 Å². The van der Waals surface area contributed by atoms with E-state index in [1.807, 2.05) is 22.9 Å². The molecule has 3 heterocycles. The molecule has 4 rings (SSSR count). The zero-order chi connectivity index (χ0) is 16.0. The van der Waals surface area contributed by atoms with Gasteiger partial charge in [-0.3, -0.25) is 4.79 Å². The van der Waals surface area contributed by atoms with E-state index in [0.717, 1.165) is 10.4 Å². The van der Waals surface area contributed by atoms with E-state index in [4.69, 9.17) is 0 Å². The molecule has 0 aromatic carbocycles. The van der Waals surface area contributed by atoms with E-state index in [9.17, 15) is 13.6 Å². The lowest BCUT2D eigenvalue weighted by atomic mass is 9.86. The summed E-state index contributed by atoms with van der Waals surface area (Å²) >= 11 is 2.96. The molecule has 120 valence electrons. The average Bonchev–Trinajstić information content (AvgIpc) is 3.14. The summed E-state index contributed by atoms with van der Waals surface area (Å²) in [4.78, 5) is 21.4. The second-order valence-electron chi connectivity index (χ2n) is 5.91. The molecular weight excluding hydrogens is 338 g/mol. The zero-order valence-corrected chi connectivity index (χ0v) is 13.8. The highest BCUT2D eigenvalue weighted by Gasteiger charge is 2.38. The van der Waals surface area contributed by atoms with Gasteiger partial charge in [-0.1, -0.05) is 6.07 Å². The van der Waals surface area contributed by atoms with Crippen LogP contribution in [0.5, 0.6) is 0 Å². The number of rotatable bonds is 2. The van der Waals surface area contributed by atoms with Gasteiger partial charge < -0.3 is 4.98 Å². The van der Waals surface area contributed by atoms with Crippen molar-refractivity contribution in [3.8, 4) is 10.4 Å². The minimum absolute atomic E-state index is 0.0719. The Hall–Kier alpha value is -1.60. The van der Waals surface area contributed by atoms with Crippen LogP contribution in [-0.4, -0.2) is 15.9 Å². The van der Waals surface area contributed by atoms with E-state index in [0.29, 0.717) is 28.9 Å². The van der Waals surface area contributed by atoms with Gasteiger partial charge in [0.1, 0.15) is 10.7 Å². The predicted molar refractivity (Wildman–Crippen MR) is 89.7 cm³/mol. The Balaban J connectivity index is 1.79. The Morgan fingerprint density at radius 2 is 2.22 bits per heavy atom. The summed E-state index contributed by atoms with van der Waals surface area (Å²) < 4.78 is 27.3. The summed E-state index contributed by atoms with van der Waals surface area (Å²) in [7, 11) is 0. The van der Waals surface area contributed by atoms with Crippen molar-refractivity contribution in [2.75, 3.05) is 0 Å². The molecule has 1 aliphatic rings. The minimum atomic E-state index is -2.66. The van der Waals surface area contributed by atoms with Gasteiger partial charge in [0.15, 0.2) is 0 Å². The third-order valence-corrected chi connectivity index (χ3v) is 6.05. The number of alkyl halides is 2. The van der Waals surface area contributed by atoms with E-state index in [2.05, 4.69) is 9.97 Å². The van der Waals surface area contributed by atoms with Crippen LogP contribution < -0.4 is 5.56 Å². The Labute approximate surface area is 139 Å². The number of aromatic amines is 1. The lowest BCUT2D eigenvalue weighted by Gasteiger charge is -2.28. The van der Waals surface area contributed by atoms with Crippen LogP contribution in [0.4, 0.5) is 8.78 Å². The third-order valence-electron chi connectivity index (χ3n) is 4.28. The maximum absolute atomic E-state index is 13.6. The van der Waals surface area contributed by atoms with Gasteiger partial charge in [0, 0.05) is 34.6 Å². The molecular formula is C16H14F2N2OS2. The number of halogens is 2. The molecule has 3 aromatic rings. The summed E-state index contributed by atoms with van der Waals surface area (Å²) in [5.74, 6) is -2.63. The molecule has 1 aliphatic carbocycles. The lowest BCUT2D eigenvalue weighted by Crippen LogP contribution is -2.27. The predicted octanol–water partition coefficient (Wildman–Crippen LogP) is 5.01. The van der Waals surface area contributed by atoms with Crippen LogP contribution >= 0.6 is 22.7 Å². The number of H-pyrrole nitrogens is 1. The van der Waals surface area contributed by atoms with Crippen molar-refractivity contribution >= 4 is 32.9 Å². The van der Waals surface area contributed by atoms with Crippen LogP contribution in [0.3, 0.4) is 0 Å². The molecule has 1 saturated carbocycles. The highest BCUT2D eigenvalue weighted by atomic mass is 32.1. The van der Waals surface area contributed by atoms with Gasteiger partial charge in [-0.25, -0.2) is 13.8 Å². The molecule has 3 nitrogen and oxygen atoms in total. The first kappa shape index (κ1) is 15.0. The van der Waals surface area contributed by atoms with Crippen molar-refractivity contribution in [1.82, 2.24) is 9.97 Å². The molecule has 0 bridgehead atoms. The zero-order valence-electron chi connectivity index (χ0n) is 12.1. The molecule has 0 saturated heterocycles. The molecule has 0 unspecified atom stereocenters. The summed E-state index contributed by atoms with van der Waals surface area (Å²) in [5, 5.41) is 4.43. The number of aromatic nitrogens is 2. The van der Waals surface area contributed by atoms with Gasteiger partial charge in [-0.2, -0.15) is 0 Å². The van der Waals surface area contributed by atoms with E-state index < -0.39 is 5.92 Å². The van der Waals surface area contributed by atoms with E-state index in [1.165, 1.54) is 11.3 Å². The molecule has 23 heavy (non-hydrogen) atoms. The number of hydrogen-bond donors (Lipinski definition) is 1. The molecule has 0 amide bonds. The Kier molecular flexibility index (Phi) is 3.57. The van der Waals surface area contributed by atoms with Gasteiger partial charge >= 0.3 is 0 Å². The lowest BCUT2D eigenvalue weighted by molar-refractivity contribution is -0.0417. The first-order valence-electron chi connectivity index (χ1n) is 7.47. The van der Waals surface area contributed by atoms with Crippen LogP contribution in [0, 0.1) is 0 Å². The second kappa shape index (κ2) is 5.49. The average molecular weight is 352 g/mol. The number of thiophene rings is 2. The van der Waals surface area contributed by atoms with Crippen molar-refractivity contribution in [3.63, 3.8) is 0 Å². The Morgan fingerprint density at radius 3 is 2.96 bits per heavy atom. The number of fused-ring (bicyclic) bond motifs is 1. The quantitative estimate of drug-likeness (QED) is 0.705. The number of nitrogens with zero attached hydrogens (tertiary/aromatic N) is 1. The van der Waals surface area contributed by atoms with Crippen LogP contribution in [0.2, 0.25) is 0 Å². The SMILES string of the molecule is O=c1[nH]c([C@@H]2CCCC(F)(F)C2)nc2scc(-c3cccs3)c12. The summed E-state index contributed by atoms with van der Waals surface area (Å²) in [6.45, 7) is 0. The molecule has 1 atom stereocenters. The van der Waals surface area contributed by atoms with Gasteiger partial charge in [-0.05, 0) is 24.3 Å². The van der Waals surface area contributed by atoms with Crippen molar-refractivity contribution < 1.29 is 8.78 Å². The first-order valence-corrected chi connectivity index (χ1v) is 9.22. The minimum Gasteiger partial charge on any atom is -0.310 e. The molecule has 1 N–H and O–H groups in total. The number of hydrogen-bond acceptors (Lipinski definition) is 4. The maximum atomic E-state index is 13.6. The summed E-state index contributed by atoms with van der Waals surface area (Å²) in [6, 6.07) is 3.89. The fraction of sp³-hybridized carbons (Fsp3) is 0.375. The standard InChI is InChI=1S/C16H14F2N2OS2/c17-16(18)5-1-3-9(7-16)13-19-14(21)12-10(8-23-15(12)20-13)11-4-2-6-22-11/h2,4,6,8-9H,1,3,5,7H2,(H,19,20,21)/t9-/m1/s1. The van der Waals surface area contributed by atoms with Crippen molar-refractivity contribution in [2.24, 2.45) is 0 Å². The Morgan fingerprint density at radius 1 is 1.35 bits per heavy atom. The fourth-order valence-corrected chi connectivity index (χ4v) is 4.95. The topological polar surface area (TPSA) is 45.8 Å². The van der Waals surface area contributed by atoms with Crippen LogP contribution in [0.15, 0.2) is 27.7 Å². The van der Waals surface area contributed by atoms with Crippen LogP contribution in [0.25, 0.3) is 20.7 Å². The smallest absolute Gasteiger partial charge is 0.260 e. The molecule has 7 heteroatoms.